The molecule has 2 nitrogen and oxygen atoms in total. The number of rotatable bonds is 12. The number of hydrogen-bond donors (Lipinski definition) is 0. The molecule has 0 aliphatic rings. The monoisotopic (exact) mass is 486 g/mol. The molecule has 2 aromatic carbocycles. The maximum Gasteiger partial charge on any atom is 4.00 e. The summed E-state index contributed by atoms with van der Waals surface area (Å²) in [6.45, 7) is 20.6. The number of hydrogen-bond acceptors (Lipinski definition) is 0. The predicted octanol–water partition coefficient (Wildman–Crippen LogP) is 9.66. The van der Waals surface area contributed by atoms with Gasteiger partial charge in [0.15, 0.2) is 0 Å². The molecule has 2 rings (SSSR count). The number of nitrogens with zero attached hydrogens (tertiary/aromatic N) is 2. The van der Waals surface area contributed by atoms with E-state index in [9.17, 15) is 0 Å². The van der Waals surface area contributed by atoms with Gasteiger partial charge in [0.05, 0.1) is 0 Å². The van der Waals surface area contributed by atoms with Crippen LogP contribution in [0.5, 0.6) is 0 Å². The molecule has 0 unspecified atom stereocenters. The Labute approximate surface area is 222 Å². The third-order valence-electron chi connectivity index (χ3n) is 4.36. The van der Waals surface area contributed by atoms with Gasteiger partial charge < -0.3 is 10.6 Å². The van der Waals surface area contributed by atoms with Gasteiger partial charge in [-0.3, -0.25) is 0 Å². The van der Waals surface area contributed by atoms with Crippen molar-refractivity contribution in [1.29, 1.82) is 0 Å². The fourth-order valence-electron chi connectivity index (χ4n) is 2.26. The molecule has 0 atom stereocenters. The third kappa shape index (κ3) is 35.6. The summed E-state index contributed by atoms with van der Waals surface area (Å²) >= 11 is 0. The summed E-state index contributed by atoms with van der Waals surface area (Å²) in [6.07, 6.45) is 10.2. The van der Waals surface area contributed by atoms with Crippen LogP contribution < -0.4 is 0 Å². The predicted molar refractivity (Wildman–Crippen MR) is 148 cm³/mol. The molecule has 0 radical (unpaired) electrons. The molecule has 0 amide bonds. The van der Waals surface area contributed by atoms with E-state index in [1.54, 1.807) is 0 Å². The molecule has 0 saturated carbocycles. The van der Waals surface area contributed by atoms with Crippen LogP contribution in [0.1, 0.15) is 90.2 Å². The standard InChI is InChI=1S/2C8H18N.2C7H7.Ti/c2*1-3-5-7-9-8-6-4-2;2*1-7-5-3-2-4-6-7;/h2*3-8H2,1-2H3;2*2-6H,1H2;/q4*-1;+4. The summed E-state index contributed by atoms with van der Waals surface area (Å²) in [5, 5.41) is 8.70. The van der Waals surface area contributed by atoms with Crippen molar-refractivity contribution in [2.75, 3.05) is 26.2 Å². The van der Waals surface area contributed by atoms with Gasteiger partial charge in [-0.1, -0.05) is 91.2 Å². The van der Waals surface area contributed by atoms with E-state index in [4.69, 9.17) is 0 Å². The van der Waals surface area contributed by atoms with Crippen molar-refractivity contribution in [1.82, 2.24) is 0 Å². The molecule has 2 aromatic rings. The van der Waals surface area contributed by atoms with Crippen molar-refractivity contribution in [2.24, 2.45) is 0 Å². The summed E-state index contributed by atoms with van der Waals surface area (Å²) in [7, 11) is 0. The van der Waals surface area contributed by atoms with Crippen molar-refractivity contribution < 1.29 is 21.7 Å². The average molecular weight is 487 g/mol. The number of benzene rings is 2. The molecule has 0 saturated heterocycles. The van der Waals surface area contributed by atoms with Gasteiger partial charge in [-0.05, 0) is 0 Å². The Morgan fingerprint density at radius 1 is 0.485 bits per heavy atom. The van der Waals surface area contributed by atoms with Crippen LogP contribution in [0.15, 0.2) is 60.7 Å². The zero-order valence-corrected chi connectivity index (χ0v) is 23.6. The van der Waals surface area contributed by atoms with Crippen molar-refractivity contribution in [3.05, 3.63) is 96.3 Å². The maximum absolute atomic E-state index is 4.35. The van der Waals surface area contributed by atoms with Crippen LogP contribution in [-0.4, -0.2) is 26.2 Å². The molecule has 184 valence electrons. The van der Waals surface area contributed by atoms with Crippen molar-refractivity contribution >= 4 is 0 Å². The Hall–Kier alpha value is -1.19. The molecule has 0 fully saturated rings. The largest absolute Gasteiger partial charge is 4.00 e. The fourth-order valence-corrected chi connectivity index (χ4v) is 2.26. The minimum atomic E-state index is 0. The Morgan fingerprint density at radius 3 is 0.879 bits per heavy atom. The Kier molecular flexibility index (Phi) is 36.4. The zero-order chi connectivity index (χ0) is 24.1. The smallest absolute Gasteiger partial charge is 0.662 e. The van der Waals surface area contributed by atoms with E-state index in [0.717, 1.165) is 37.3 Å². The van der Waals surface area contributed by atoms with Gasteiger partial charge in [0.25, 0.3) is 0 Å². The molecular weight excluding hydrogens is 436 g/mol. The van der Waals surface area contributed by atoms with E-state index in [1.165, 1.54) is 51.4 Å². The molecule has 0 spiro atoms. The number of unbranched alkanes of at least 4 members (excludes halogenated alkanes) is 4. The second-order valence-electron chi connectivity index (χ2n) is 7.73. The topological polar surface area (TPSA) is 28.2 Å². The van der Waals surface area contributed by atoms with Crippen LogP contribution in [0.3, 0.4) is 0 Å². The van der Waals surface area contributed by atoms with E-state index in [1.807, 2.05) is 60.7 Å². The van der Waals surface area contributed by atoms with Gasteiger partial charge in [-0.2, -0.15) is 49.2 Å². The minimum absolute atomic E-state index is 0. The Morgan fingerprint density at radius 2 is 0.727 bits per heavy atom. The van der Waals surface area contributed by atoms with Crippen LogP contribution in [0.2, 0.25) is 0 Å². The molecule has 33 heavy (non-hydrogen) atoms. The first-order valence-corrected chi connectivity index (χ1v) is 12.6. The van der Waals surface area contributed by atoms with Gasteiger partial charge >= 0.3 is 21.7 Å². The molecule has 0 heterocycles. The quantitative estimate of drug-likeness (QED) is 0.162. The molecule has 0 N–H and O–H groups in total. The van der Waals surface area contributed by atoms with Crippen LogP contribution in [0.4, 0.5) is 0 Å². The summed E-state index contributed by atoms with van der Waals surface area (Å²) in [6, 6.07) is 19.7. The molecule has 0 aliphatic carbocycles. The summed E-state index contributed by atoms with van der Waals surface area (Å²) in [5.74, 6) is 0. The molecule has 0 aliphatic heterocycles. The van der Waals surface area contributed by atoms with Crippen molar-refractivity contribution in [2.45, 2.75) is 79.1 Å². The van der Waals surface area contributed by atoms with Crippen molar-refractivity contribution in [3.8, 4) is 0 Å². The van der Waals surface area contributed by atoms with E-state index in [-0.39, 0.29) is 21.7 Å². The van der Waals surface area contributed by atoms with Gasteiger partial charge in [-0.15, -0.1) is 50.4 Å². The second kappa shape index (κ2) is 33.0. The molecule has 0 aromatic heterocycles. The first-order valence-electron chi connectivity index (χ1n) is 12.6. The Bertz CT molecular complexity index is 482. The SMILES string of the molecule is CCCC[N-]CCCC.CCCC[N-]CCCC.[CH2-]c1ccccc1.[CH2-]c1ccccc1.[Ti+4]. The van der Waals surface area contributed by atoms with Crippen LogP contribution >= 0.6 is 0 Å². The first-order chi connectivity index (χ1) is 15.6. The second-order valence-corrected chi connectivity index (χ2v) is 7.73. The molecule has 3 heteroatoms. The van der Waals surface area contributed by atoms with Crippen LogP contribution in [-0.2, 0) is 21.7 Å². The van der Waals surface area contributed by atoms with Crippen LogP contribution in [0.25, 0.3) is 10.6 Å². The summed E-state index contributed by atoms with van der Waals surface area (Å²) in [4.78, 5) is 0. The fraction of sp³-hybridized carbons (Fsp3) is 0.533. The van der Waals surface area contributed by atoms with Gasteiger partial charge in [0.2, 0.25) is 0 Å². The average Bonchev–Trinajstić information content (AvgIpc) is 2.81. The van der Waals surface area contributed by atoms with Gasteiger partial charge in [0, 0.05) is 0 Å². The normalized spacial score (nSPS) is 9.09. The zero-order valence-electron chi connectivity index (χ0n) is 22.1. The van der Waals surface area contributed by atoms with E-state index < -0.39 is 0 Å². The van der Waals surface area contributed by atoms with E-state index in [0.29, 0.717) is 0 Å². The van der Waals surface area contributed by atoms with E-state index in [2.05, 4.69) is 52.2 Å². The Balaban J connectivity index is -0.000000362. The molecular formula is C30H50N2Ti. The van der Waals surface area contributed by atoms with Crippen molar-refractivity contribution in [3.63, 3.8) is 0 Å². The third-order valence-corrected chi connectivity index (χ3v) is 4.36. The first kappa shape index (κ1) is 36.4. The molecule has 0 bridgehead atoms. The van der Waals surface area contributed by atoms with Gasteiger partial charge in [0.1, 0.15) is 0 Å². The van der Waals surface area contributed by atoms with E-state index >= 15 is 0 Å². The summed E-state index contributed by atoms with van der Waals surface area (Å²) < 4.78 is 0. The maximum atomic E-state index is 4.35. The van der Waals surface area contributed by atoms with Crippen LogP contribution in [0, 0.1) is 13.8 Å². The minimum Gasteiger partial charge on any atom is -0.662 e. The summed E-state index contributed by atoms with van der Waals surface area (Å²) in [5.41, 5.74) is 2.14. The van der Waals surface area contributed by atoms with Gasteiger partial charge in [-0.25, -0.2) is 0 Å².